The van der Waals surface area contributed by atoms with E-state index in [0.29, 0.717) is 31.9 Å². The smallest absolute Gasteiger partial charge is 0.244 e. The van der Waals surface area contributed by atoms with Crippen molar-refractivity contribution in [2.24, 2.45) is 11.7 Å². The van der Waals surface area contributed by atoms with Gasteiger partial charge in [-0.05, 0) is 42.9 Å². The highest BCUT2D eigenvalue weighted by molar-refractivity contribution is 7.89. The van der Waals surface area contributed by atoms with Gasteiger partial charge in [0, 0.05) is 39.5 Å². The lowest BCUT2D eigenvalue weighted by Gasteiger charge is -2.30. The highest BCUT2D eigenvalue weighted by Crippen LogP contribution is 2.32. The predicted molar refractivity (Wildman–Crippen MR) is 94.9 cm³/mol. The van der Waals surface area contributed by atoms with Crippen molar-refractivity contribution in [1.82, 2.24) is 4.31 Å². The zero-order valence-corrected chi connectivity index (χ0v) is 15.5. The van der Waals surface area contributed by atoms with Crippen molar-refractivity contribution < 1.29 is 17.9 Å². The van der Waals surface area contributed by atoms with Crippen LogP contribution in [0, 0.1) is 5.92 Å². The lowest BCUT2D eigenvalue weighted by atomic mass is 9.91. The van der Waals surface area contributed by atoms with Gasteiger partial charge in [0.25, 0.3) is 0 Å². The quantitative estimate of drug-likeness (QED) is 0.840. The Morgan fingerprint density at radius 1 is 1.32 bits per heavy atom. The number of hydrogen-bond donors (Lipinski definition) is 1. The predicted octanol–water partition coefficient (Wildman–Crippen LogP) is 0.580. The summed E-state index contributed by atoms with van der Waals surface area (Å²) in [6.07, 6.45) is 2.27. The summed E-state index contributed by atoms with van der Waals surface area (Å²) in [7, 11) is -0.556. The number of carbonyl (C=O) groups is 1. The monoisotopic (exact) mass is 367 g/mol. The average Bonchev–Trinajstić information content (AvgIpc) is 3.04. The van der Waals surface area contributed by atoms with E-state index >= 15 is 0 Å². The average molecular weight is 367 g/mol. The molecule has 1 aromatic rings. The van der Waals surface area contributed by atoms with E-state index < -0.39 is 16.1 Å². The topological polar surface area (TPSA) is 92.9 Å². The number of rotatable bonds is 4. The molecule has 2 N–H and O–H groups in total. The van der Waals surface area contributed by atoms with Gasteiger partial charge in [-0.25, -0.2) is 12.7 Å². The fraction of sp³-hybridized carbons (Fsp3) is 0.588. The molecule has 1 saturated heterocycles. The molecule has 1 atom stereocenters. The molecule has 138 valence electrons. The minimum atomic E-state index is -3.54. The molecule has 8 heteroatoms. The molecule has 7 nitrogen and oxygen atoms in total. The number of benzene rings is 1. The maximum atomic E-state index is 12.9. The van der Waals surface area contributed by atoms with Gasteiger partial charge >= 0.3 is 0 Å². The number of anilines is 1. The molecular weight excluding hydrogens is 342 g/mol. The Balaban J connectivity index is 1.86. The standard InChI is InChI=1S/C17H25N3O4S/c1-19(2)25(22,23)14-4-3-12-5-8-20(15(12)11-14)17(21)16(18)13-6-9-24-10-7-13/h3-4,11,13,16H,5-10,18H2,1-2H3. The third-order valence-corrected chi connectivity index (χ3v) is 6.87. The minimum absolute atomic E-state index is 0.110. The van der Waals surface area contributed by atoms with Gasteiger partial charge < -0.3 is 15.4 Å². The van der Waals surface area contributed by atoms with Crippen molar-refractivity contribution in [3.05, 3.63) is 23.8 Å². The van der Waals surface area contributed by atoms with Crippen LogP contribution in [0.4, 0.5) is 5.69 Å². The molecule has 1 unspecified atom stereocenters. The Labute approximate surface area is 148 Å². The first-order chi connectivity index (χ1) is 11.8. The van der Waals surface area contributed by atoms with E-state index in [4.69, 9.17) is 10.5 Å². The molecule has 0 radical (unpaired) electrons. The molecule has 0 spiro atoms. The van der Waals surface area contributed by atoms with Gasteiger partial charge in [0.1, 0.15) is 0 Å². The Morgan fingerprint density at radius 2 is 2.00 bits per heavy atom. The number of amides is 1. The van der Waals surface area contributed by atoms with E-state index in [0.717, 1.165) is 18.4 Å². The second kappa shape index (κ2) is 7.03. The summed E-state index contributed by atoms with van der Waals surface area (Å²) >= 11 is 0. The highest BCUT2D eigenvalue weighted by Gasteiger charge is 2.34. The van der Waals surface area contributed by atoms with Crippen LogP contribution in [0.2, 0.25) is 0 Å². The molecule has 0 bridgehead atoms. The van der Waals surface area contributed by atoms with E-state index in [1.807, 2.05) is 0 Å². The molecule has 3 rings (SSSR count). The fourth-order valence-electron chi connectivity index (χ4n) is 3.42. The second-order valence-corrected chi connectivity index (χ2v) is 8.95. The summed E-state index contributed by atoms with van der Waals surface area (Å²) in [4.78, 5) is 14.7. The van der Waals surface area contributed by atoms with Crippen molar-refractivity contribution in [2.45, 2.75) is 30.2 Å². The summed E-state index contributed by atoms with van der Waals surface area (Å²) in [6.45, 7) is 1.80. The first-order valence-electron chi connectivity index (χ1n) is 8.52. The highest BCUT2D eigenvalue weighted by atomic mass is 32.2. The molecule has 2 aliphatic heterocycles. The lowest BCUT2D eigenvalue weighted by molar-refractivity contribution is -0.121. The van der Waals surface area contributed by atoms with Crippen LogP contribution in [0.1, 0.15) is 18.4 Å². The third kappa shape index (κ3) is 3.44. The number of nitrogens with zero attached hydrogens (tertiary/aromatic N) is 2. The largest absolute Gasteiger partial charge is 0.381 e. The maximum Gasteiger partial charge on any atom is 0.244 e. The molecule has 1 fully saturated rings. The SMILES string of the molecule is CN(C)S(=O)(=O)c1ccc2c(c1)N(C(=O)C(N)C1CCOCC1)CC2. The summed E-state index contributed by atoms with van der Waals surface area (Å²) in [6, 6.07) is 4.40. The van der Waals surface area contributed by atoms with Crippen LogP contribution < -0.4 is 10.6 Å². The molecule has 2 heterocycles. The van der Waals surface area contributed by atoms with Crippen molar-refractivity contribution in [3.63, 3.8) is 0 Å². The van der Waals surface area contributed by atoms with Crippen LogP contribution in [-0.2, 0) is 26.0 Å². The lowest BCUT2D eigenvalue weighted by Crippen LogP contribution is -2.48. The van der Waals surface area contributed by atoms with Crippen molar-refractivity contribution in [2.75, 3.05) is 38.8 Å². The van der Waals surface area contributed by atoms with Crippen LogP contribution in [0.15, 0.2) is 23.1 Å². The first kappa shape index (κ1) is 18.3. The van der Waals surface area contributed by atoms with Crippen LogP contribution in [-0.4, -0.2) is 58.5 Å². The molecule has 0 aromatic heterocycles. The van der Waals surface area contributed by atoms with Crippen molar-refractivity contribution >= 4 is 21.6 Å². The van der Waals surface area contributed by atoms with E-state index in [9.17, 15) is 13.2 Å². The van der Waals surface area contributed by atoms with Crippen molar-refractivity contribution in [1.29, 1.82) is 0 Å². The van der Waals surface area contributed by atoms with Gasteiger partial charge in [-0.1, -0.05) is 6.07 Å². The molecule has 0 aliphatic carbocycles. The van der Waals surface area contributed by atoms with Gasteiger partial charge in [0.05, 0.1) is 10.9 Å². The minimum Gasteiger partial charge on any atom is -0.381 e. The molecule has 2 aliphatic rings. The van der Waals surface area contributed by atoms with Gasteiger partial charge in [0.2, 0.25) is 15.9 Å². The first-order valence-corrected chi connectivity index (χ1v) is 9.96. The van der Waals surface area contributed by atoms with Gasteiger partial charge in [0.15, 0.2) is 0 Å². The van der Waals surface area contributed by atoms with Gasteiger partial charge in [-0.2, -0.15) is 0 Å². The number of sulfonamides is 1. The van der Waals surface area contributed by atoms with E-state index in [-0.39, 0.29) is 16.7 Å². The molecule has 25 heavy (non-hydrogen) atoms. The Kier molecular flexibility index (Phi) is 5.15. The normalized spacial score (nSPS) is 19.9. The number of fused-ring (bicyclic) bond motifs is 1. The molecular formula is C17H25N3O4S. The number of carbonyl (C=O) groups excluding carboxylic acids is 1. The van der Waals surface area contributed by atoms with Gasteiger partial charge in [-0.15, -0.1) is 0 Å². The van der Waals surface area contributed by atoms with Crippen LogP contribution >= 0.6 is 0 Å². The molecule has 0 saturated carbocycles. The second-order valence-electron chi connectivity index (χ2n) is 6.79. The number of nitrogens with two attached hydrogens (primary N) is 1. The van der Waals surface area contributed by atoms with Crippen LogP contribution in [0.3, 0.4) is 0 Å². The Hall–Kier alpha value is -1.48. The number of ether oxygens (including phenoxy) is 1. The number of hydrogen-bond acceptors (Lipinski definition) is 5. The Bertz CT molecular complexity index is 757. The summed E-state index contributed by atoms with van der Waals surface area (Å²) in [5, 5.41) is 0. The fourth-order valence-corrected chi connectivity index (χ4v) is 4.34. The van der Waals surface area contributed by atoms with Crippen LogP contribution in [0.25, 0.3) is 0 Å². The zero-order valence-electron chi connectivity index (χ0n) is 14.6. The third-order valence-electron chi connectivity index (χ3n) is 5.06. The summed E-state index contributed by atoms with van der Waals surface area (Å²) in [5.74, 6) is -0.0240. The van der Waals surface area contributed by atoms with E-state index in [1.165, 1.54) is 18.4 Å². The summed E-state index contributed by atoms with van der Waals surface area (Å²) in [5.41, 5.74) is 7.87. The van der Waals surface area contributed by atoms with Gasteiger partial charge in [-0.3, -0.25) is 4.79 Å². The zero-order chi connectivity index (χ0) is 18.2. The summed E-state index contributed by atoms with van der Waals surface area (Å²) < 4.78 is 31.3. The van der Waals surface area contributed by atoms with E-state index in [2.05, 4.69) is 0 Å². The van der Waals surface area contributed by atoms with Crippen LogP contribution in [0.5, 0.6) is 0 Å². The Morgan fingerprint density at radius 3 is 2.64 bits per heavy atom. The van der Waals surface area contributed by atoms with Crippen molar-refractivity contribution in [3.8, 4) is 0 Å². The molecule has 1 aromatic carbocycles. The molecule has 1 amide bonds. The van der Waals surface area contributed by atoms with E-state index in [1.54, 1.807) is 23.1 Å². The maximum absolute atomic E-state index is 12.9.